The summed E-state index contributed by atoms with van der Waals surface area (Å²) in [6.45, 7) is 4.29. The van der Waals surface area contributed by atoms with E-state index in [9.17, 15) is 17.6 Å². The molecule has 1 rings (SSSR count). The third-order valence-electron chi connectivity index (χ3n) is 2.65. The summed E-state index contributed by atoms with van der Waals surface area (Å²) in [5.74, 6) is -1.41. The fraction of sp³-hybridized carbons (Fsp3) is 0.417. The molecule has 21 heavy (non-hydrogen) atoms. The molecule has 0 aromatic heterocycles. The molecular weight excluding hydrogens is 342 g/mol. The van der Waals surface area contributed by atoms with Gasteiger partial charge in [0.15, 0.2) is 0 Å². The van der Waals surface area contributed by atoms with Gasteiger partial charge in [-0.15, -0.1) is 0 Å². The second-order valence-corrected chi connectivity index (χ2v) is 7.10. The first kappa shape index (κ1) is 18.2. The highest BCUT2D eigenvalue weighted by Crippen LogP contribution is 2.33. The number of amides is 1. The quantitative estimate of drug-likeness (QED) is 0.794. The van der Waals surface area contributed by atoms with Crippen LogP contribution in [0.3, 0.4) is 0 Å². The Kier molecular flexibility index (Phi) is 5.98. The van der Waals surface area contributed by atoms with Crippen molar-refractivity contribution in [3.63, 3.8) is 0 Å². The lowest BCUT2D eigenvalue weighted by Crippen LogP contribution is -2.26. The van der Waals surface area contributed by atoms with Gasteiger partial charge in [-0.2, -0.15) is 0 Å². The number of nitrogens with one attached hydrogen (secondary N) is 1. The summed E-state index contributed by atoms with van der Waals surface area (Å²) in [6, 6.07) is 0.782. The van der Waals surface area contributed by atoms with Crippen LogP contribution in [-0.4, -0.2) is 20.9 Å². The molecule has 0 spiro atoms. The summed E-state index contributed by atoms with van der Waals surface area (Å²) in [5.41, 5.74) is -0.327. The maximum atomic E-state index is 13.7. The zero-order valence-electron chi connectivity index (χ0n) is 11.4. The maximum Gasteiger partial charge on any atom is 0.252 e. The molecule has 0 radical (unpaired) electrons. The fourth-order valence-corrected chi connectivity index (χ4v) is 3.35. The largest absolute Gasteiger partial charge is 0.352 e. The normalized spacial score (nSPS) is 11.8. The van der Waals surface area contributed by atoms with E-state index in [4.69, 9.17) is 28.3 Å². The molecule has 1 amide bonds. The summed E-state index contributed by atoms with van der Waals surface area (Å²) in [7, 11) is -4.36. The van der Waals surface area contributed by atoms with Crippen molar-refractivity contribution >= 4 is 39.1 Å². The second-order valence-electron chi connectivity index (χ2n) is 4.85. The van der Waals surface area contributed by atoms with E-state index in [0.717, 1.165) is 6.07 Å². The Bertz CT molecular complexity index is 663. The number of hydrogen-bond donors (Lipinski definition) is 2. The lowest BCUT2D eigenvalue weighted by atomic mass is 10.1. The number of carbonyl (C=O) groups is 1. The Morgan fingerprint density at radius 2 is 1.95 bits per heavy atom. The molecule has 0 aliphatic heterocycles. The van der Waals surface area contributed by atoms with E-state index < -0.39 is 36.7 Å². The van der Waals surface area contributed by atoms with Crippen LogP contribution in [0.4, 0.5) is 4.39 Å². The second kappa shape index (κ2) is 6.91. The van der Waals surface area contributed by atoms with Gasteiger partial charge in [0.05, 0.1) is 15.6 Å². The smallest absolute Gasteiger partial charge is 0.252 e. The van der Waals surface area contributed by atoms with Crippen molar-refractivity contribution < 1.29 is 17.6 Å². The molecular formula is C12H15Cl2FN2O3S. The SMILES string of the molecule is CC(C)CCNC(=O)c1cc(F)c(Cl)c(S(N)(=O)=O)c1Cl. The van der Waals surface area contributed by atoms with E-state index in [1.54, 1.807) is 0 Å². The first-order valence-electron chi connectivity index (χ1n) is 6.04. The van der Waals surface area contributed by atoms with Gasteiger partial charge < -0.3 is 5.32 Å². The van der Waals surface area contributed by atoms with Crippen molar-refractivity contribution in [3.05, 3.63) is 27.5 Å². The highest BCUT2D eigenvalue weighted by atomic mass is 35.5. The molecule has 1 aromatic carbocycles. The highest BCUT2D eigenvalue weighted by molar-refractivity contribution is 7.89. The van der Waals surface area contributed by atoms with E-state index in [1.807, 2.05) is 13.8 Å². The van der Waals surface area contributed by atoms with Crippen LogP contribution >= 0.6 is 23.2 Å². The third kappa shape index (κ3) is 4.54. The number of nitrogens with two attached hydrogens (primary N) is 1. The summed E-state index contributed by atoms with van der Waals surface area (Å²) in [4.78, 5) is 11.2. The van der Waals surface area contributed by atoms with Crippen molar-refractivity contribution in [2.75, 3.05) is 6.54 Å². The van der Waals surface area contributed by atoms with Gasteiger partial charge in [0.1, 0.15) is 10.7 Å². The Hall–Kier alpha value is -0.890. The van der Waals surface area contributed by atoms with Gasteiger partial charge in [-0.25, -0.2) is 17.9 Å². The molecule has 118 valence electrons. The highest BCUT2D eigenvalue weighted by Gasteiger charge is 2.26. The van der Waals surface area contributed by atoms with Crippen LogP contribution in [0.15, 0.2) is 11.0 Å². The minimum absolute atomic E-state index is 0.327. The van der Waals surface area contributed by atoms with Crippen LogP contribution in [0, 0.1) is 11.7 Å². The van der Waals surface area contributed by atoms with Gasteiger partial charge in [0.25, 0.3) is 5.91 Å². The summed E-state index contributed by atoms with van der Waals surface area (Å²) >= 11 is 11.4. The van der Waals surface area contributed by atoms with Crippen molar-refractivity contribution in [3.8, 4) is 0 Å². The average molecular weight is 357 g/mol. The number of rotatable bonds is 5. The van der Waals surface area contributed by atoms with Crippen LogP contribution in [-0.2, 0) is 10.0 Å². The Labute approximate surface area is 132 Å². The van der Waals surface area contributed by atoms with Gasteiger partial charge in [-0.05, 0) is 18.4 Å². The molecule has 0 saturated heterocycles. The van der Waals surface area contributed by atoms with Crippen LogP contribution in [0.5, 0.6) is 0 Å². The molecule has 1 aromatic rings. The molecule has 0 heterocycles. The number of benzene rings is 1. The predicted molar refractivity (Wildman–Crippen MR) is 79.6 cm³/mol. The Morgan fingerprint density at radius 3 is 2.43 bits per heavy atom. The molecule has 0 fully saturated rings. The first-order chi connectivity index (χ1) is 9.55. The Balaban J connectivity index is 3.21. The number of carbonyl (C=O) groups excluding carboxylic acids is 1. The van der Waals surface area contributed by atoms with Crippen LogP contribution < -0.4 is 10.5 Å². The van der Waals surface area contributed by atoms with Crippen LogP contribution in [0.1, 0.15) is 30.6 Å². The molecule has 5 nitrogen and oxygen atoms in total. The van der Waals surface area contributed by atoms with Gasteiger partial charge >= 0.3 is 0 Å². The van der Waals surface area contributed by atoms with Gasteiger partial charge in [-0.3, -0.25) is 4.79 Å². The lowest BCUT2D eigenvalue weighted by molar-refractivity contribution is 0.0951. The van der Waals surface area contributed by atoms with Crippen LogP contribution in [0.25, 0.3) is 0 Å². The van der Waals surface area contributed by atoms with Gasteiger partial charge in [-0.1, -0.05) is 37.0 Å². The molecule has 0 aliphatic carbocycles. The van der Waals surface area contributed by atoms with Gasteiger partial charge in [0.2, 0.25) is 10.0 Å². The van der Waals surface area contributed by atoms with Crippen molar-refractivity contribution in [2.24, 2.45) is 11.1 Å². The van der Waals surface area contributed by atoms with Gasteiger partial charge in [0, 0.05) is 6.54 Å². The molecule has 0 aliphatic rings. The van der Waals surface area contributed by atoms with Crippen molar-refractivity contribution in [2.45, 2.75) is 25.2 Å². The third-order valence-corrected chi connectivity index (χ3v) is 4.62. The van der Waals surface area contributed by atoms with E-state index in [1.165, 1.54) is 0 Å². The Morgan fingerprint density at radius 1 is 1.38 bits per heavy atom. The van der Waals surface area contributed by atoms with E-state index in [2.05, 4.69) is 5.32 Å². The lowest BCUT2D eigenvalue weighted by Gasteiger charge is -2.12. The first-order valence-corrected chi connectivity index (χ1v) is 8.34. The molecule has 0 unspecified atom stereocenters. The summed E-state index contributed by atoms with van der Waals surface area (Å²) < 4.78 is 36.5. The molecule has 0 bridgehead atoms. The zero-order chi connectivity index (χ0) is 16.4. The molecule has 9 heteroatoms. The monoisotopic (exact) mass is 356 g/mol. The zero-order valence-corrected chi connectivity index (χ0v) is 13.7. The summed E-state index contributed by atoms with van der Waals surface area (Å²) in [6.07, 6.45) is 0.710. The van der Waals surface area contributed by atoms with Crippen LogP contribution in [0.2, 0.25) is 10.0 Å². The number of halogens is 3. The number of sulfonamides is 1. The standard InChI is InChI=1S/C12H15Cl2FN2O3S/c1-6(2)3-4-17-12(18)7-5-8(15)10(14)11(9(7)13)21(16,19)20/h5-6H,3-4H2,1-2H3,(H,17,18)(H2,16,19,20). The minimum atomic E-state index is -4.36. The van der Waals surface area contributed by atoms with Crippen molar-refractivity contribution in [1.29, 1.82) is 0 Å². The van der Waals surface area contributed by atoms with Crippen molar-refractivity contribution in [1.82, 2.24) is 5.32 Å². The van der Waals surface area contributed by atoms with E-state index in [-0.39, 0.29) is 5.56 Å². The maximum absolute atomic E-state index is 13.7. The minimum Gasteiger partial charge on any atom is -0.352 e. The molecule has 3 N–H and O–H groups in total. The average Bonchev–Trinajstić information content (AvgIpc) is 2.31. The topological polar surface area (TPSA) is 89.3 Å². The van der Waals surface area contributed by atoms with E-state index in [0.29, 0.717) is 18.9 Å². The fourth-order valence-electron chi connectivity index (χ4n) is 1.57. The summed E-state index contributed by atoms with van der Waals surface area (Å²) in [5, 5.41) is 6.24. The molecule has 0 atom stereocenters. The van der Waals surface area contributed by atoms with E-state index >= 15 is 0 Å². The number of hydrogen-bond acceptors (Lipinski definition) is 3. The number of primary sulfonamides is 1. The predicted octanol–water partition coefficient (Wildman–Crippen LogP) is 2.56. The molecule has 0 saturated carbocycles.